The number of rotatable bonds is 7. The molecule has 0 saturated carbocycles. The van der Waals surface area contributed by atoms with E-state index in [2.05, 4.69) is 25.8 Å². The number of benzene rings is 2. The fraction of sp³-hybridized carbons (Fsp3) is 0.167. The molecular formula is C18H18ClN5O2. The average molecular weight is 372 g/mol. The van der Waals surface area contributed by atoms with Gasteiger partial charge in [0.25, 0.3) is 0 Å². The number of hydrogen-bond donors (Lipinski definition) is 2. The number of nitrogens with zero attached hydrogens (tertiary/aromatic N) is 3. The van der Waals surface area contributed by atoms with E-state index in [1.54, 1.807) is 32.5 Å². The Bertz CT molecular complexity index is 874. The molecule has 8 heteroatoms. The predicted octanol–water partition coefficient (Wildman–Crippen LogP) is 3.90. The maximum Gasteiger partial charge on any atom is 0.244 e. The van der Waals surface area contributed by atoms with Gasteiger partial charge in [-0.2, -0.15) is 10.1 Å². The van der Waals surface area contributed by atoms with Crippen LogP contribution in [0.3, 0.4) is 0 Å². The van der Waals surface area contributed by atoms with Gasteiger partial charge in [0.05, 0.1) is 20.4 Å². The third kappa shape index (κ3) is 4.52. The maximum absolute atomic E-state index is 5.89. The highest BCUT2D eigenvalue weighted by Crippen LogP contribution is 2.27. The van der Waals surface area contributed by atoms with Crippen molar-refractivity contribution in [3.63, 3.8) is 0 Å². The molecule has 0 amide bonds. The number of aromatic nitrogens is 3. The number of ether oxygens (including phenoxy) is 2. The molecule has 0 unspecified atom stereocenters. The first kappa shape index (κ1) is 17.8. The van der Waals surface area contributed by atoms with Crippen molar-refractivity contribution in [1.82, 2.24) is 15.2 Å². The van der Waals surface area contributed by atoms with E-state index in [-0.39, 0.29) is 0 Å². The molecule has 0 saturated heterocycles. The SMILES string of the molecule is COc1ccc(CNc2nncc(Nc3ccc(Cl)cc3)n2)cc1OC. The molecule has 0 aliphatic heterocycles. The van der Waals surface area contributed by atoms with Crippen LogP contribution in [0.5, 0.6) is 11.5 Å². The zero-order chi connectivity index (χ0) is 18.4. The average Bonchev–Trinajstić information content (AvgIpc) is 2.68. The Balaban J connectivity index is 1.66. The molecule has 0 radical (unpaired) electrons. The van der Waals surface area contributed by atoms with Crippen LogP contribution in [-0.2, 0) is 6.54 Å². The molecule has 0 aliphatic rings. The highest BCUT2D eigenvalue weighted by molar-refractivity contribution is 6.30. The fourth-order valence-electron chi connectivity index (χ4n) is 2.29. The van der Waals surface area contributed by atoms with Crippen molar-refractivity contribution in [2.24, 2.45) is 0 Å². The second-order valence-corrected chi connectivity index (χ2v) is 5.78. The predicted molar refractivity (Wildman–Crippen MR) is 101 cm³/mol. The van der Waals surface area contributed by atoms with Crippen LogP contribution < -0.4 is 20.1 Å². The van der Waals surface area contributed by atoms with Crippen molar-refractivity contribution >= 4 is 29.1 Å². The summed E-state index contributed by atoms with van der Waals surface area (Å²) in [7, 11) is 3.21. The molecule has 7 nitrogen and oxygen atoms in total. The largest absolute Gasteiger partial charge is 0.493 e. The second kappa shape index (κ2) is 8.35. The number of methoxy groups -OCH3 is 2. The van der Waals surface area contributed by atoms with E-state index in [9.17, 15) is 0 Å². The van der Waals surface area contributed by atoms with Gasteiger partial charge in [-0.15, -0.1) is 5.10 Å². The summed E-state index contributed by atoms with van der Waals surface area (Å²) < 4.78 is 10.5. The monoisotopic (exact) mass is 371 g/mol. The summed E-state index contributed by atoms with van der Waals surface area (Å²) in [4.78, 5) is 4.40. The van der Waals surface area contributed by atoms with Crippen molar-refractivity contribution < 1.29 is 9.47 Å². The molecular weight excluding hydrogens is 354 g/mol. The van der Waals surface area contributed by atoms with Crippen LogP contribution >= 0.6 is 11.6 Å². The van der Waals surface area contributed by atoms with Gasteiger partial charge in [-0.1, -0.05) is 17.7 Å². The van der Waals surface area contributed by atoms with E-state index in [0.717, 1.165) is 11.3 Å². The number of hydrogen-bond acceptors (Lipinski definition) is 7. The summed E-state index contributed by atoms with van der Waals surface area (Å²) in [5.41, 5.74) is 1.86. The Kier molecular flexibility index (Phi) is 5.70. The summed E-state index contributed by atoms with van der Waals surface area (Å²) >= 11 is 5.89. The van der Waals surface area contributed by atoms with E-state index in [1.165, 1.54) is 0 Å². The van der Waals surface area contributed by atoms with Gasteiger partial charge in [-0.25, -0.2) is 0 Å². The van der Waals surface area contributed by atoms with Crippen LogP contribution in [0.15, 0.2) is 48.7 Å². The van der Waals surface area contributed by atoms with Gasteiger partial charge in [0.2, 0.25) is 5.95 Å². The Morgan fingerprint density at radius 2 is 1.77 bits per heavy atom. The Morgan fingerprint density at radius 3 is 2.50 bits per heavy atom. The molecule has 3 rings (SSSR count). The van der Waals surface area contributed by atoms with Gasteiger partial charge in [0.15, 0.2) is 17.3 Å². The Hall–Kier alpha value is -3.06. The lowest BCUT2D eigenvalue weighted by Gasteiger charge is -2.10. The van der Waals surface area contributed by atoms with E-state index < -0.39 is 0 Å². The van der Waals surface area contributed by atoms with Crippen LogP contribution in [0.1, 0.15) is 5.56 Å². The molecule has 0 aliphatic carbocycles. The van der Waals surface area contributed by atoms with Crippen LogP contribution in [0.4, 0.5) is 17.5 Å². The van der Waals surface area contributed by atoms with Gasteiger partial charge < -0.3 is 20.1 Å². The normalized spacial score (nSPS) is 10.3. The third-order valence-corrected chi connectivity index (χ3v) is 3.83. The smallest absolute Gasteiger partial charge is 0.244 e. The number of nitrogens with one attached hydrogen (secondary N) is 2. The molecule has 0 atom stereocenters. The van der Waals surface area contributed by atoms with Crippen LogP contribution in [0, 0.1) is 0 Å². The highest BCUT2D eigenvalue weighted by Gasteiger charge is 2.06. The minimum Gasteiger partial charge on any atom is -0.493 e. The van der Waals surface area contributed by atoms with Gasteiger partial charge in [-0.3, -0.25) is 0 Å². The van der Waals surface area contributed by atoms with E-state index >= 15 is 0 Å². The summed E-state index contributed by atoms with van der Waals surface area (Å²) in [6.07, 6.45) is 1.55. The molecule has 134 valence electrons. The molecule has 26 heavy (non-hydrogen) atoms. The van der Waals surface area contributed by atoms with Gasteiger partial charge in [0, 0.05) is 17.3 Å². The summed E-state index contributed by atoms with van der Waals surface area (Å²) in [6.45, 7) is 0.520. The summed E-state index contributed by atoms with van der Waals surface area (Å²) in [5.74, 6) is 2.35. The lowest BCUT2D eigenvalue weighted by atomic mass is 10.2. The Morgan fingerprint density at radius 1 is 1.00 bits per heavy atom. The maximum atomic E-state index is 5.89. The lowest BCUT2D eigenvalue weighted by molar-refractivity contribution is 0.354. The zero-order valence-electron chi connectivity index (χ0n) is 14.4. The minimum atomic E-state index is 0.416. The van der Waals surface area contributed by atoms with Crippen molar-refractivity contribution in [3.05, 3.63) is 59.2 Å². The summed E-state index contributed by atoms with van der Waals surface area (Å²) in [5, 5.41) is 14.9. The molecule has 0 spiro atoms. The third-order valence-electron chi connectivity index (χ3n) is 3.57. The van der Waals surface area contributed by atoms with Crippen LogP contribution in [0.25, 0.3) is 0 Å². The zero-order valence-corrected chi connectivity index (χ0v) is 15.1. The first-order chi connectivity index (χ1) is 12.7. The molecule has 2 aromatic carbocycles. The van der Waals surface area contributed by atoms with Gasteiger partial charge >= 0.3 is 0 Å². The molecule has 0 fully saturated rings. The molecule has 1 aromatic heterocycles. The summed E-state index contributed by atoms with van der Waals surface area (Å²) in [6, 6.07) is 13.0. The molecule has 0 bridgehead atoms. The number of anilines is 3. The van der Waals surface area contributed by atoms with Gasteiger partial charge in [-0.05, 0) is 42.0 Å². The highest BCUT2D eigenvalue weighted by atomic mass is 35.5. The van der Waals surface area contributed by atoms with Crippen molar-refractivity contribution in [2.45, 2.75) is 6.54 Å². The van der Waals surface area contributed by atoms with E-state index in [1.807, 2.05) is 30.3 Å². The number of halogens is 1. The van der Waals surface area contributed by atoms with Gasteiger partial charge in [0.1, 0.15) is 0 Å². The van der Waals surface area contributed by atoms with Crippen LogP contribution in [-0.4, -0.2) is 29.4 Å². The topological polar surface area (TPSA) is 81.2 Å². The quantitative estimate of drug-likeness (QED) is 0.651. The lowest BCUT2D eigenvalue weighted by Crippen LogP contribution is -2.06. The molecule has 2 N–H and O–H groups in total. The van der Waals surface area contributed by atoms with Crippen molar-refractivity contribution in [2.75, 3.05) is 24.9 Å². The van der Waals surface area contributed by atoms with E-state index in [0.29, 0.717) is 34.8 Å². The Labute approximate surface area is 156 Å². The standard InChI is InChI=1S/C18H18ClN5O2/c1-25-15-8-3-12(9-16(15)26-2)10-20-18-23-17(11-21-24-18)22-14-6-4-13(19)5-7-14/h3-9,11H,10H2,1-2H3,(H2,20,22,23,24). The second-order valence-electron chi connectivity index (χ2n) is 5.34. The van der Waals surface area contributed by atoms with E-state index in [4.69, 9.17) is 21.1 Å². The van der Waals surface area contributed by atoms with Crippen molar-refractivity contribution in [3.8, 4) is 11.5 Å². The first-order valence-electron chi connectivity index (χ1n) is 7.85. The van der Waals surface area contributed by atoms with Crippen LogP contribution in [0.2, 0.25) is 5.02 Å². The first-order valence-corrected chi connectivity index (χ1v) is 8.23. The van der Waals surface area contributed by atoms with Crippen molar-refractivity contribution in [1.29, 1.82) is 0 Å². The fourth-order valence-corrected chi connectivity index (χ4v) is 2.42. The minimum absolute atomic E-state index is 0.416. The molecule has 3 aromatic rings. The molecule has 1 heterocycles.